The summed E-state index contributed by atoms with van der Waals surface area (Å²) in [5, 5.41) is 5.93. The van der Waals surface area contributed by atoms with Crippen LogP contribution in [0.2, 0.25) is 0 Å². The number of fused-ring (bicyclic) bond motifs is 5. The number of nitrogens with one attached hydrogen (secondary N) is 1. The lowest BCUT2D eigenvalue weighted by atomic mass is 9.89. The second-order valence-corrected chi connectivity index (χ2v) is 17.9. The summed E-state index contributed by atoms with van der Waals surface area (Å²) >= 11 is 6.64. The van der Waals surface area contributed by atoms with Crippen molar-refractivity contribution in [2.24, 2.45) is 5.41 Å². The topological polar surface area (TPSA) is 109 Å². The Morgan fingerprint density at radius 3 is 2.28 bits per heavy atom. The summed E-state index contributed by atoms with van der Waals surface area (Å²) in [7, 11) is 1.66. The molecule has 0 fully saturated rings. The minimum absolute atomic E-state index is 0.00240. The molecule has 294 valence electrons. The summed E-state index contributed by atoms with van der Waals surface area (Å²) in [5.74, 6) is 1.16. The number of amides is 1. The van der Waals surface area contributed by atoms with Crippen LogP contribution in [0.1, 0.15) is 13.3 Å². The zero-order valence-corrected chi connectivity index (χ0v) is 35.1. The van der Waals surface area contributed by atoms with Crippen LogP contribution in [0.5, 0.6) is 11.5 Å². The van der Waals surface area contributed by atoms with E-state index >= 15 is 0 Å². The molecule has 9 nitrogen and oxygen atoms in total. The molecule has 3 heterocycles. The number of esters is 1. The molecule has 0 spiro atoms. The number of carbonyl (C=O) groups is 2. The average Bonchev–Trinajstić information content (AvgIpc) is 4.00. The summed E-state index contributed by atoms with van der Waals surface area (Å²) < 4.78 is 29.5. The zero-order valence-electron chi connectivity index (χ0n) is 31.8. The Hall–Kier alpha value is -5.47. The molecule has 0 saturated carbocycles. The predicted octanol–water partition coefficient (Wildman–Crippen LogP) is 11.6. The second-order valence-electron chi connectivity index (χ2n) is 13.6. The van der Waals surface area contributed by atoms with E-state index in [0.29, 0.717) is 23.7 Å². The first-order chi connectivity index (χ1) is 28.4. The Labute approximate surface area is 351 Å². The van der Waals surface area contributed by atoms with E-state index in [1.165, 1.54) is 15.5 Å². The van der Waals surface area contributed by atoms with Crippen LogP contribution >= 0.6 is 45.8 Å². The number of aromatic nitrogens is 2. The van der Waals surface area contributed by atoms with Crippen LogP contribution in [0.25, 0.3) is 62.3 Å². The Morgan fingerprint density at radius 2 is 1.53 bits per heavy atom. The molecule has 3 aromatic heterocycles. The highest BCUT2D eigenvalue weighted by atomic mass is 32.2. The highest BCUT2D eigenvalue weighted by Crippen LogP contribution is 2.48. The molecular formula is C45H39N3O6S4. The van der Waals surface area contributed by atoms with Gasteiger partial charge in [0.2, 0.25) is 0 Å². The maximum absolute atomic E-state index is 13.0. The minimum atomic E-state index is -0.646. The molecule has 5 aromatic carbocycles. The largest absolute Gasteiger partial charge is 0.493 e. The van der Waals surface area contributed by atoms with Gasteiger partial charge in [-0.1, -0.05) is 85.9 Å². The third kappa shape index (κ3) is 8.39. The molecule has 1 N–H and O–H groups in total. The van der Waals surface area contributed by atoms with Gasteiger partial charge in [0.05, 0.1) is 40.7 Å². The molecule has 1 amide bonds. The molecule has 8 aromatic rings. The third-order valence-corrected chi connectivity index (χ3v) is 14.7. The molecule has 0 aliphatic rings. The quantitative estimate of drug-likeness (QED) is 0.0440. The standard InChI is InChI=1S/C45H39N3O6S4/c1-4-39(49)52-22-21-46-43(50)54-26-45(5-2,27-55-44-48-34-17-8-11-20-38(34)58-44)25-53-40-32(31-15-12-14-30-29-13-6-9-18-36(29)56-41(30)31)23-28(24-35(40)51-3)42-47-33-16-7-10-19-37(33)57-42/h4,6-20,23-24H,1,5,21-22,25-27H2,2-3H3,(H,46,50). The number of thiazole rings is 2. The van der Waals surface area contributed by atoms with Crippen LogP contribution in [0.3, 0.4) is 0 Å². The van der Waals surface area contributed by atoms with Crippen molar-refractivity contribution in [1.82, 2.24) is 15.3 Å². The molecule has 0 aliphatic heterocycles. The molecule has 0 bridgehead atoms. The fourth-order valence-electron chi connectivity index (χ4n) is 6.60. The Kier molecular flexibility index (Phi) is 11.9. The number of ether oxygens (including phenoxy) is 4. The van der Waals surface area contributed by atoms with Gasteiger partial charge in [-0.3, -0.25) is 0 Å². The molecule has 0 saturated heterocycles. The molecule has 8 rings (SSSR count). The summed E-state index contributed by atoms with van der Waals surface area (Å²) in [6, 6.07) is 35.2. The molecule has 58 heavy (non-hydrogen) atoms. The number of alkyl carbamates (subject to hydrolysis) is 1. The van der Waals surface area contributed by atoms with Gasteiger partial charge in [0.25, 0.3) is 0 Å². The predicted molar refractivity (Wildman–Crippen MR) is 239 cm³/mol. The number of rotatable bonds is 16. The SMILES string of the molecule is C=CC(=O)OCCNC(=O)OCC(CC)(COc1c(OC)cc(-c2nc3ccccc3s2)cc1-c1cccc2c1sc1ccccc12)CSc1nc2ccccc2s1. The van der Waals surface area contributed by atoms with Crippen LogP contribution in [0.15, 0.2) is 120 Å². The highest BCUT2D eigenvalue weighted by Gasteiger charge is 2.34. The Balaban J connectivity index is 1.16. The monoisotopic (exact) mass is 845 g/mol. The number of hydrogen-bond donors (Lipinski definition) is 1. The van der Waals surface area contributed by atoms with Crippen LogP contribution in [-0.2, 0) is 14.3 Å². The fraction of sp³-hybridized carbons (Fsp3) is 0.200. The first-order valence-electron chi connectivity index (χ1n) is 18.7. The normalized spacial score (nSPS) is 12.4. The van der Waals surface area contributed by atoms with Crippen molar-refractivity contribution in [3.8, 4) is 33.2 Å². The van der Waals surface area contributed by atoms with Crippen LogP contribution in [0, 0.1) is 5.41 Å². The number of benzene rings is 5. The van der Waals surface area contributed by atoms with E-state index in [1.54, 1.807) is 52.9 Å². The third-order valence-electron chi connectivity index (χ3n) is 9.85. The van der Waals surface area contributed by atoms with Crippen LogP contribution < -0.4 is 14.8 Å². The Bertz CT molecular complexity index is 2710. The molecular weight excluding hydrogens is 807 g/mol. The number of thiophene rings is 1. The lowest BCUT2D eigenvalue weighted by Crippen LogP contribution is -2.39. The number of hydrogen-bond acceptors (Lipinski definition) is 12. The van der Waals surface area contributed by atoms with Gasteiger partial charge in [-0.2, -0.15) is 0 Å². The Morgan fingerprint density at radius 1 is 0.810 bits per heavy atom. The van der Waals surface area contributed by atoms with Crippen molar-refractivity contribution < 1.29 is 28.5 Å². The van der Waals surface area contributed by atoms with Crippen molar-refractivity contribution in [3.63, 3.8) is 0 Å². The van der Waals surface area contributed by atoms with E-state index in [4.69, 9.17) is 28.9 Å². The van der Waals surface area contributed by atoms with Gasteiger partial charge in [0.15, 0.2) is 15.8 Å². The van der Waals surface area contributed by atoms with Gasteiger partial charge < -0.3 is 24.3 Å². The van der Waals surface area contributed by atoms with Gasteiger partial charge in [0.1, 0.15) is 18.2 Å². The zero-order chi connectivity index (χ0) is 40.1. The number of nitrogens with zero attached hydrogens (tertiary/aromatic N) is 2. The van der Waals surface area contributed by atoms with Gasteiger partial charge >= 0.3 is 12.1 Å². The maximum atomic E-state index is 13.0. The van der Waals surface area contributed by atoms with E-state index in [9.17, 15) is 9.59 Å². The van der Waals surface area contributed by atoms with Crippen molar-refractivity contribution in [2.45, 2.75) is 17.7 Å². The van der Waals surface area contributed by atoms with Gasteiger partial charge in [-0.05, 0) is 48.9 Å². The van der Waals surface area contributed by atoms with Gasteiger partial charge in [0, 0.05) is 54.1 Å². The maximum Gasteiger partial charge on any atom is 0.407 e. The number of carbonyl (C=O) groups excluding carboxylic acids is 2. The summed E-state index contributed by atoms with van der Waals surface area (Å²) in [5.41, 5.74) is 4.06. The average molecular weight is 846 g/mol. The smallest absolute Gasteiger partial charge is 0.407 e. The molecule has 13 heteroatoms. The van der Waals surface area contributed by atoms with Crippen LogP contribution in [0.4, 0.5) is 4.79 Å². The second kappa shape index (κ2) is 17.6. The van der Waals surface area contributed by atoms with Crippen LogP contribution in [-0.4, -0.2) is 61.3 Å². The van der Waals surface area contributed by atoms with Gasteiger partial charge in [-0.25, -0.2) is 19.6 Å². The summed E-state index contributed by atoms with van der Waals surface area (Å²) in [6.45, 7) is 5.84. The highest BCUT2D eigenvalue weighted by molar-refractivity contribution is 8.01. The van der Waals surface area contributed by atoms with E-state index < -0.39 is 17.5 Å². The molecule has 1 unspecified atom stereocenters. The molecule has 0 aliphatic carbocycles. The van der Waals surface area contributed by atoms with Gasteiger partial charge in [-0.15, -0.1) is 34.0 Å². The van der Waals surface area contributed by atoms with Crippen molar-refractivity contribution in [2.75, 3.05) is 39.2 Å². The first kappa shape index (κ1) is 39.4. The van der Waals surface area contributed by atoms with E-state index in [2.05, 4.69) is 79.5 Å². The fourth-order valence-corrected chi connectivity index (χ4v) is 11.1. The molecule has 1 atom stereocenters. The number of para-hydroxylation sites is 2. The van der Waals surface area contributed by atoms with E-state index in [-0.39, 0.29) is 26.4 Å². The lowest BCUT2D eigenvalue weighted by molar-refractivity contribution is -0.137. The number of methoxy groups -OCH3 is 1. The molecule has 0 radical (unpaired) electrons. The van der Waals surface area contributed by atoms with Crippen molar-refractivity contribution in [3.05, 3.63) is 116 Å². The minimum Gasteiger partial charge on any atom is -0.493 e. The number of thioether (sulfide) groups is 1. The van der Waals surface area contributed by atoms with E-state index in [1.807, 2.05) is 42.5 Å². The van der Waals surface area contributed by atoms with Crippen molar-refractivity contribution in [1.29, 1.82) is 0 Å². The van der Waals surface area contributed by atoms with Crippen molar-refractivity contribution >= 4 is 98.4 Å². The summed E-state index contributed by atoms with van der Waals surface area (Å²) in [6.07, 6.45) is 1.09. The lowest BCUT2D eigenvalue weighted by Gasteiger charge is -2.32. The van der Waals surface area contributed by atoms with E-state index in [0.717, 1.165) is 57.2 Å². The first-order valence-corrected chi connectivity index (χ1v) is 22.1. The summed E-state index contributed by atoms with van der Waals surface area (Å²) in [4.78, 5) is 34.3.